The molecule has 3 heterocycles. The average Bonchev–Trinajstić information content (AvgIpc) is 2.91. The molecule has 0 aliphatic carbocycles. The minimum absolute atomic E-state index is 0.406. The summed E-state index contributed by atoms with van der Waals surface area (Å²) in [6.07, 6.45) is 0.770. The zero-order valence-electron chi connectivity index (χ0n) is 12.4. The van der Waals surface area contributed by atoms with Gasteiger partial charge in [0.2, 0.25) is 0 Å². The Kier molecular flexibility index (Phi) is 3.85. The summed E-state index contributed by atoms with van der Waals surface area (Å²) < 4.78 is 5.30. The third-order valence-electron chi connectivity index (χ3n) is 3.86. The van der Waals surface area contributed by atoms with Crippen LogP contribution in [0.4, 0.5) is 5.82 Å². The van der Waals surface area contributed by atoms with Crippen LogP contribution in [0.3, 0.4) is 0 Å². The molecule has 0 saturated carbocycles. The quantitative estimate of drug-likeness (QED) is 0.880. The number of nitrogen functional groups attached to an aromatic ring is 1. The van der Waals surface area contributed by atoms with Crippen molar-refractivity contribution in [3.63, 3.8) is 0 Å². The van der Waals surface area contributed by atoms with Crippen LogP contribution in [0.2, 0.25) is 0 Å². The normalized spacial score (nSPS) is 20.8. The maximum atomic E-state index is 5.67. The van der Waals surface area contributed by atoms with Crippen LogP contribution in [-0.2, 0) is 6.42 Å². The monoisotopic (exact) mass is 288 g/mol. The first-order valence-electron chi connectivity index (χ1n) is 7.06. The number of anilines is 1. The average molecular weight is 288 g/mol. The maximum Gasteiger partial charge on any atom is 0.276 e. The Labute approximate surface area is 123 Å². The number of pyridine rings is 1. The highest BCUT2D eigenvalue weighted by molar-refractivity contribution is 5.49. The van der Waals surface area contributed by atoms with Gasteiger partial charge >= 0.3 is 0 Å². The lowest BCUT2D eigenvalue weighted by molar-refractivity contribution is 0.113. The summed E-state index contributed by atoms with van der Waals surface area (Å²) in [5, 5.41) is 4.06. The van der Waals surface area contributed by atoms with Gasteiger partial charge in [-0.3, -0.25) is 0 Å². The Balaban J connectivity index is 1.73. The molecule has 1 aliphatic rings. The molecule has 1 fully saturated rings. The Hall–Kier alpha value is -1.99. The summed E-state index contributed by atoms with van der Waals surface area (Å²) in [6.45, 7) is 3.16. The van der Waals surface area contributed by atoms with Crippen molar-refractivity contribution in [3.05, 3.63) is 24.0 Å². The van der Waals surface area contributed by atoms with Crippen LogP contribution in [0.25, 0.3) is 11.6 Å². The number of aromatic nitrogens is 3. The van der Waals surface area contributed by atoms with Gasteiger partial charge in [0, 0.05) is 32.1 Å². The van der Waals surface area contributed by atoms with Crippen LogP contribution in [0.1, 0.15) is 5.82 Å². The molecule has 2 N–H and O–H groups in total. The molecule has 0 spiro atoms. The molecular formula is C14H20N6O. The molecule has 0 aromatic carbocycles. The van der Waals surface area contributed by atoms with E-state index in [0.717, 1.165) is 26.1 Å². The van der Waals surface area contributed by atoms with E-state index in [1.54, 1.807) is 6.07 Å². The first-order chi connectivity index (χ1) is 10.1. The van der Waals surface area contributed by atoms with E-state index in [0.29, 0.717) is 29.3 Å². The molecule has 1 aliphatic heterocycles. The first kappa shape index (κ1) is 14.0. The van der Waals surface area contributed by atoms with Gasteiger partial charge in [-0.1, -0.05) is 11.2 Å². The summed E-state index contributed by atoms with van der Waals surface area (Å²) in [5.41, 5.74) is 6.29. The molecule has 112 valence electrons. The number of piperazine rings is 1. The van der Waals surface area contributed by atoms with E-state index < -0.39 is 0 Å². The second-order valence-electron chi connectivity index (χ2n) is 5.56. The third kappa shape index (κ3) is 3.20. The number of rotatable bonds is 3. The lowest BCUT2D eigenvalue weighted by atomic mass is 10.1. The van der Waals surface area contributed by atoms with Crippen molar-refractivity contribution in [2.24, 2.45) is 0 Å². The van der Waals surface area contributed by atoms with E-state index in [1.165, 1.54) is 0 Å². The standard InChI is InChI=1S/C14H20N6O/c1-19-6-7-20(2)10(9-19)8-13-17-14(21-18-13)11-4-3-5-12(15)16-11/h3-5,10H,6-9H2,1-2H3,(H2,15,16). The Morgan fingerprint density at radius 1 is 1.29 bits per heavy atom. The summed E-state index contributed by atoms with van der Waals surface area (Å²) in [4.78, 5) is 13.3. The molecule has 21 heavy (non-hydrogen) atoms. The summed E-state index contributed by atoms with van der Waals surface area (Å²) in [7, 11) is 4.27. The van der Waals surface area contributed by atoms with Gasteiger partial charge < -0.3 is 20.1 Å². The van der Waals surface area contributed by atoms with Crippen LogP contribution in [0.5, 0.6) is 0 Å². The van der Waals surface area contributed by atoms with Crippen molar-refractivity contribution >= 4 is 5.82 Å². The van der Waals surface area contributed by atoms with Crippen molar-refractivity contribution in [2.75, 3.05) is 39.5 Å². The zero-order valence-corrected chi connectivity index (χ0v) is 12.4. The smallest absolute Gasteiger partial charge is 0.276 e. The van der Waals surface area contributed by atoms with Crippen molar-refractivity contribution in [1.29, 1.82) is 0 Å². The Bertz CT molecular complexity index is 613. The predicted octanol–water partition coefficient (Wildman–Crippen LogP) is 0.502. The fourth-order valence-electron chi connectivity index (χ4n) is 2.54. The molecule has 1 saturated heterocycles. The summed E-state index contributed by atoms with van der Waals surface area (Å²) in [6, 6.07) is 5.77. The molecule has 1 unspecified atom stereocenters. The van der Waals surface area contributed by atoms with Gasteiger partial charge in [0.1, 0.15) is 11.5 Å². The topological polar surface area (TPSA) is 84.3 Å². The molecule has 0 bridgehead atoms. The van der Waals surface area contributed by atoms with Gasteiger partial charge in [0.25, 0.3) is 5.89 Å². The van der Waals surface area contributed by atoms with Crippen LogP contribution < -0.4 is 5.73 Å². The molecule has 2 aromatic rings. The first-order valence-corrected chi connectivity index (χ1v) is 7.06. The Morgan fingerprint density at radius 3 is 2.95 bits per heavy atom. The third-order valence-corrected chi connectivity index (χ3v) is 3.86. The van der Waals surface area contributed by atoms with Crippen LogP contribution in [-0.4, -0.2) is 64.7 Å². The van der Waals surface area contributed by atoms with Gasteiger partial charge in [0.05, 0.1) is 0 Å². The van der Waals surface area contributed by atoms with Gasteiger partial charge in [-0.25, -0.2) is 4.98 Å². The van der Waals surface area contributed by atoms with E-state index in [4.69, 9.17) is 10.3 Å². The van der Waals surface area contributed by atoms with Gasteiger partial charge in [-0.05, 0) is 26.2 Å². The molecule has 7 nitrogen and oxygen atoms in total. The summed E-state index contributed by atoms with van der Waals surface area (Å²) >= 11 is 0. The van der Waals surface area contributed by atoms with Gasteiger partial charge in [0.15, 0.2) is 5.82 Å². The van der Waals surface area contributed by atoms with Crippen molar-refractivity contribution < 1.29 is 4.52 Å². The highest BCUT2D eigenvalue weighted by Gasteiger charge is 2.24. The summed E-state index contributed by atoms with van der Waals surface area (Å²) in [5.74, 6) is 1.58. The van der Waals surface area contributed by atoms with E-state index in [2.05, 4.69) is 39.0 Å². The van der Waals surface area contributed by atoms with Crippen LogP contribution in [0.15, 0.2) is 22.7 Å². The predicted molar refractivity (Wildman–Crippen MR) is 79.6 cm³/mol. The van der Waals surface area contributed by atoms with Crippen molar-refractivity contribution in [1.82, 2.24) is 24.9 Å². The Morgan fingerprint density at radius 2 is 2.14 bits per heavy atom. The zero-order chi connectivity index (χ0) is 14.8. The fraction of sp³-hybridized carbons (Fsp3) is 0.500. The lowest BCUT2D eigenvalue weighted by Crippen LogP contribution is -2.50. The van der Waals surface area contributed by atoms with Crippen molar-refractivity contribution in [3.8, 4) is 11.6 Å². The number of nitrogens with two attached hydrogens (primary N) is 1. The molecule has 0 amide bonds. The fourth-order valence-corrected chi connectivity index (χ4v) is 2.54. The minimum Gasteiger partial charge on any atom is -0.384 e. The second-order valence-corrected chi connectivity index (χ2v) is 5.56. The second kappa shape index (κ2) is 5.79. The van der Waals surface area contributed by atoms with Crippen LogP contribution >= 0.6 is 0 Å². The number of nitrogens with zero attached hydrogens (tertiary/aromatic N) is 5. The number of hydrogen-bond acceptors (Lipinski definition) is 7. The SMILES string of the molecule is CN1CCN(C)C(Cc2noc(-c3cccc(N)n3)n2)C1. The van der Waals surface area contributed by atoms with Gasteiger partial charge in [-0.15, -0.1) is 0 Å². The molecular weight excluding hydrogens is 268 g/mol. The van der Waals surface area contributed by atoms with E-state index in [9.17, 15) is 0 Å². The number of hydrogen-bond donors (Lipinski definition) is 1. The lowest BCUT2D eigenvalue weighted by Gasteiger charge is -2.37. The molecule has 3 rings (SSSR count). The van der Waals surface area contributed by atoms with Crippen LogP contribution in [0, 0.1) is 0 Å². The van der Waals surface area contributed by atoms with Gasteiger partial charge in [-0.2, -0.15) is 4.98 Å². The maximum absolute atomic E-state index is 5.67. The molecule has 2 aromatic heterocycles. The van der Waals surface area contributed by atoms with E-state index >= 15 is 0 Å². The molecule has 7 heteroatoms. The molecule has 0 radical (unpaired) electrons. The highest BCUT2D eigenvalue weighted by Crippen LogP contribution is 2.17. The van der Waals surface area contributed by atoms with E-state index in [-0.39, 0.29) is 0 Å². The van der Waals surface area contributed by atoms with Crippen molar-refractivity contribution in [2.45, 2.75) is 12.5 Å². The van der Waals surface area contributed by atoms with E-state index in [1.807, 2.05) is 12.1 Å². The highest BCUT2D eigenvalue weighted by atomic mass is 16.5. The largest absolute Gasteiger partial charge is 0.384 e. The molecule has 1 atom stereocenters. The number of likely N-dealkylation sites (N-methyl/N-ethyl adjacent to an activating group) is 2. The minimum atomic E-state index is 0.406.